The number of rotatable bonds is 4. The van der Waals surface area contributed by atoms with Crippen LogP contribution in [0.15, 0.2) is 18.2 Å². The monoisotopic (exact) mass is 360 g/mol. The number of carbonyl (C=O) groups excluding carboxylic acids is 1. The van der Waals surface area contributed by atoms with Gasteiger partial charge in [0.15, 0.2) is 5.15 Å². The predicted molar refractivity (Wildman–Crippen MR) is 88.5 cm³/mol. The summed E-state index contributed by atoms with van der Waals surface area (Å²) < 4.78 is 10.8. The number of halogens is 2. The fourth-order valence-electron chi connectivity index (χ4n) is 1.86. The fraction of sp³-hybridized carbons (Fsp3) is 0.286. The van der Waals surface area contributed by atoms with E-state index in [1.54, 1.807) is 19.2 Å². The van der Waals surface area contributed by atoms with E-state index >= 15 is 0 Å². The van der Waals surface area contributed by atoms with Crippen LogP contribution in [0, 0.1) is 6.92 Å². The zero-order chi connectivity index (χ0) is 16.3. The third kappa shape index (κ3) is 3.82. The first-order valence-corrected chi connectivity index (χ1v) is 7.85. The molecule has 1 amide bonds. The lowest BCUT2D eigenvalue weighted by Crippen LogP contribution is -2.26. The molecule has 0 aliphatic rings. The highest BCUT2D eigenvalue weighted by Crippen LogP contribution is 2.29. The molecule has 0 bridgehead atoms. The summed E-state index contributed by atoms with van der Waals surface area (Å²) in [6.45, 7) is 2.17. The van der Waals surface area contributed by atoms with E-state index in [0.717, 1.165) is 11.3 Å². The molecule has 0 aliphatic carbocycles. The molecule has 118 valence electrons. The normalized spacial score (nSPS) is 10.4. The number of anilines is 1. The minimum Gasteiger partial charge on any atom is -0.486 e. The zero-order valence-corrected chi connectivity index (χ0v) is 14.6. The van der Waals surface area contributed by atoms with Crippen LogP contribution in [-0.2, 0) is 11.3 Å². The first-order valence-electron chi connectivity index (χ1n) is 6.28. The maximum absolute atomic E-state index is 11.5. The Morgan fingerprint density at radius 1 is 1.41 bits per heavy atom. The summed E-state index contributed by atoms with van der Waals surface area (Å²) in [5, 5.41) is 0.986. The molecule has 0 N–H and O–H groups in total. The van der Waals surface area contributed by atoms with Crippen LogP contribution < -0.4 is 9.64 Å². The fourth-order valence-corrected chi connectivity index (χ4v) is 3.03. The Morgan fingerprint density at radius 3 is 2.68 bits per heavy atom. The first-order chi connectivity index (χ1) is 10.4. The molecule has 8 heteroatoms. The van der Waals surface area contributed by atoms with Crippen molar-refractivity contribution in [3.63, 3.8) is 0 Å². The van der Waals surface area contributed by atoms with Crippen molar-refractivity contribution >= 4 is 46.3 Å². The van der Waals surface area contributed by atoms with Gasteiger partial charge in [0.05, 0.1) is 7.11 Å². The number of benzene rings is 1. The summed E-state index contributed by atoms with van der Waals surface area (Å²) in [4.78, 5) is 17.1. The molecular weight excluding hydrogens is 347 g/mol. The summed E-state index contributed by atoms with van der Waals surface area (Å²) in [7, 11) is 2.99. The van der Waals surface area contributed by atoms with Gasteiger partial charge in [-0.3, -0.25) is 4.90 Å². The summed E-state index contributed by atoms with van der Waals surface area (Å²) in [6.07, 6.45) is -0.427. The second-order valence-electron chi connectivity index (χ2n) is 4.44. The second kappa shape index (κ2) is 7.17. The molecule has 0 spiro atoms. The molecule has 1 heterocycles. The lowest BCUT2D eigenvalue weighted by atomic mass is 10.2. The second-order valence-corrected chi connectivity index (χ2v) is 6.48. The van der Waals surface area contributed by atoms with Crippen molar-refractivity contribution in [1.82, 2.24) is 4.98 Å². The molecule has 0 radical (unpaired) electrons. The van der Waals surface area contributed by atoms with Gasteiger partial charge < -0.3 is 9.47 Å². The van der Waals surface area contributed by atoms with Gasteiger partial charge in [-0.1, -0.05) is 23.2 Å². The Kier molecular flexibility index (Phi) is 5.50. The summed E-state index contributed by atoms with van der Waals surface area (Å²) in [6, 6.07) is 5.41. The summed E-state index contributed by atoms with van der Waals surface area (Å²) in [5.41, 5.74) is 1.64. The first kappa shape index (κ1) is 16.9. The van der Waals surface area contributed by atoms with Crippen LogP contribution in [0.5, 0.6) is 5.75 Å². The van der Waals surface area contributed by atoms with Gasteiger partial charge in [0, 0.05) is 12.7 Å². The molecule has 2 aromatic rings. The number of methoxy groups -OCH3 is 1. The molecule has 0 fully saturated rings. The van der Waals surface area contributed by atoms with E-state index in [-0.39, 0.29) is 11.8 Å². The Labute approximate surface area is 142 Å². The third-order valence-corrected chi connectivity index (χ3v) is 4.64. The van der Waals surface area contributed by atoms with Crippen molar-refractivity contribution in [2.75, 3.05) is 19.1 Å². The molecule has 0 unspecified atom stereocenters. The van der Waals surface area contributed by atoms with Gasteiger partial charge in [0.2, 0.25) is 0 Å². The van der Waals surface area contributed by atoms with Crippen LogP contribution >= 0.6 is 34.5 Å². The number of amides is 1. The van der Waals surface area contributed by atoms with Crippen LogP contribution in [0.2, 0.25) is 9.49 Å². The Hall–Kier alpha value is -1.50. The topological polar surface area (TPSA) is 51.7 Å². The number of aryl methyl sites for hydroxylation is 1. The van der Waals surface area contributed by atoms with Crippen molar-refractivity contribution in [3.05, 3.63) is 38.3 Å². The van der Waals surface area contributed by atoms with Crippen LogP contribution in [0.25, 0.3) is 0 Å². The van der Waals surface area contributed by atoms with Crippen molar-refractivity contribution < 1.29 is 14.3 Å². The van der Waals surface area contributed by atoms with Gasteiger partial charge in [0.1, 0.15) is 21.7 Å². The standard InChI is InChI=1S/C14H14Cl2N2O3S/c1-8-6-9(4-5-10(8)18(2)14(19)20-3)21-7-11-17-12(15)13(16)22-11/h4-6H,7H2,1-3H3. The number of thiazole rings is 1. The quantitative estimate of drug-likeness (QED) is 0.802. The van der Waals surface area contributed by atoms with Gasteiger partial charge in [0.25, 0.3) is 0 Å². The number of nitrogens with zero attached hydrogens (tertiary/aromatic N) is 2. The van der Waals surface area contributed by atoms with E-state index in [1.807, 2.05) is 13.0 Å². The highest BCUT2D eigenvalue weighted by Gasteiger charge is 2.14. The minimum absolute atomic E-state index is 0.280. The number of hydrogen-bond donors (Lipinski definition) is 0. The number of aromatic nitrogens is 1. The van der Waals surface area contributed by atoms with Crippen LogP contribution in [0.4, 0.5) is 10.5 Å². The molecule has 2 rings (SSSR count). The lowest BCUT2D eigenvalue weighted by molar-refractivity contribution is 0.180. The highest BCUT2D eigenvalue weighted by molar-refractivity contribution is 7.16. The van der Waals surface area contributed by atoms with E-state index in [0.29, 0.717) is 15.1 Å². The maximum atomic E-state index is 11.5. The van der Waals surface area contributed by atoms with Gasteiger partial charge in [-0.2, -0.15) is 0 Å². The van der Waals surface area contributed by atoms with Crippen molar-refractivity contribution in [2.45, 2.75) is 13.5 Å². The highest BCUT2D eigenvalue weighted by atomic mass is 35.5. The van der Waals surface area contributed by atoms with Gasteiger partial charge >= 0.3 is 6.09 Å². The Morgan fingerprint density at radius 2 is 2.14 bits per heavy atom. The zero-order valence-electron chi connectivity index (χ0n) is 12.2. The molecule has 0 atom stereocenters. The molecule has 22 heavy (non-hydrogen) atoms. The van der Waals surface area contributed by atoms with E-state index in [1.165, 1.54) is 23.3 Å². The van der Waals surface area contributed by atoms with E-state index < -0.39 is 6.09 Å². The molecule has 0 aliphatic heterocycles. The summed E-state index contributed by atoms with van der Waals surface area (Å²) >= 11 is 12.9. The Bertz CT molecular complexity index is 671. The van der Waals surface area contributed by atoms with Crippen molar-refractivity contribution in [3.8, 4) is 5.75 Å². The molecule has 1 aromatic carbocycles. The summed E-state index contributed by atoms with van der Waals surface area (Å²) in [5.74, 6) is 0.668. The van der Waals surface area contributed by atoms with Crippen molar-refractivity contribution in [1.29, 1.82) is 0 Å². The molecule has 0 saturated carbocycles. The smallest absolute Gasteiger partial charge is 0.413 e. The SMILES string of the molecule is COC(=O)N(C)c1ccc(OCc2nc(Cl)c(Cl)s2)cc1C. The van der Waals surface area contributed by atoms with Crippen LogP contribution in [0.3, 0.4) is 0 Å². The molecule has 5 nitrogen and oxygen atoms in total. The average Bonchev–Trinajstić information content (AvgIpc) is 2.82. The van der Waals surface area contributed by atoms with Crippen LogP contribution in [-0.4, -0.2) is 25.2 Å². The third-order valence-electron chi connectivity index (χ3n) is 2.93. The van der Waals surface area contributed by atoms with Crippen LogP contribution in [0.1, 0.15) is 10.6 Å². The largest absolute Gasteiger partial charge is 0.486 e. The Balaban J connectivity index is 2.07. The molecule has 0 saturated heterocycles. The molecule has 1 aromatic heterocycles. The minimum atomic E-state index is -0.427. The van der Waals surface area contributed by atoms with E-state index in [9.17, 15) is 4.79 Å². The number of hydrogen-bond acceptors (Lipinski definition) is 5. The maximum Gasteiger partial charge on any atom is 0.413 e. The van der Waals surface area contributed by atoms with Gasteiger partial charge in [-0.05, 0) is 30.7 Å². The van der Waals surface area contributed by atoms with Crippen molar-refractivity contribution in [2.24, 2.45) is 0 Å². The van der Waals surface area contributed by atoms with Gasteiger partial charge in [-0.15, -0.1) is 11.3 Å². The number of carbonyl (C=O) groups is 1. The average molecular weight is 361 g/mol. The van der Waals surface area contributed by atoms with E-state index in [2.05, 4.69) is 4.98 Å². The van der Waals surface area contributed by atoms with Gasteiger partial charge in [-0.25, -0.2) is 9.78 Å². The lowest BCUT2D eigenvalue weighted by Gasteiger charge is -2.18. The number of ether oxygens (including phenoxy) is 2. The predicted octanol–water partition coefficient (Wildman–Crippen LogP) is 4.54. The van der Waals surface area contributed by atoms with E-state index in [4.69, 9.17) is 32.7 Å². The molecular formula is C14H14Cl2N2O3S.